The third-order valence-electron chi connectivity index (χ3n) is 6.46. The van der Waals surface area contributed by atoms with Crippen molar-refractivity contribution in [2.45, 2.75) is 43.8 Å². The third kappa shape index (κ3) is 5.07. The molecule has 0 spiro atoms. The van der Waals surface area contributed by atoms with Crippen molar-refractivity contribution in [2.75, 3.05) is 0 Å². The van der Waals surface area contributed by atoms with Gasteiger partial charge in [0.15, 0.2) is 0 Å². The summed E-state index contributed by atoms with van der Waals surface area (Å²) in [7, 11) is 0. The summed E-state index contributed by atoms with van der Waals surface area (Å²) in [5.74, 6) is 0. The van der Waals surface area contributed by atoms with Gasteiger partial charge in [0.25, 0.3) is 0 Å². The van der Waals surface area contributed by atoms with Crippen molar-refractivity contribution >= 4 is 0 Å². The molecule has 0 aromatic heterocycles. The van der Waals surface area contributed by atoms with Crippen LogP contribution in [-0.4, -0.2) is 0 Å². The summed E-state index contributed by atoms with van der Waals surface area (Å²) in [6.07, 6.45) is 4.84. The molecule has 170 valence electrons. The van der Waals surface area contributed by atoms with Crippen LogP contribution in [0.4, 0.5) is 0 Å². The first-order valence-electron chi connectivity index (χ1n) is 10.6. The monoisotopic (exact) mass is 530 g/mol. The molecule has 0 nitrogen and oxygen atoms in total. The maximum Gasteiger partial charge on any atom is -1.00 e. The Labute approximate surface area is 229 Å². The molecule has 33 heavy (non-hydrogen) atoms. The van der Waals surface area contributed by atoms with Crippen LogP contribution in [0.1, 0.15) is 47.2 Å². The molecular weight excluding hydrogens is 503 g/mol. The topological polar surface area (TPSA) is 0 Å². The largest absolute Gasteiger partial charge is 1.00 e. The summed E-state index contributed by atoms with van der Waals surface area (Å²) < 4.78 is -0.174. The van der Waals surface area contributed by atoms with Gasteiger partial charge in [-0.25, -0.2) is 0 Å². The second-order valence-electron chi connectivity index (χ2n) is 8.88. The number of hydrogen-bond donors (Lipinski definition) is 0. The second kappa shape index (κ2) is 11.4. The molecule has 3 aromatic carbocycles. The van der Waals surface area contributed by atoms with Gasteiger partial charge in [0, 0.05) is 0 Å². The van der Waals surface area contributed by atoms with E-state index in [2.05, 4.69) is 140 Å². The Morgan fingerprint density at radius 2 is 0.970 bits per heavy atom. The Morgan fingerprint density at radius 3 is 1.24 bits per heavy atom. The maximum absolute atomic E-state index is 2.48. The fraction of sp³-hybridized carbons (Fsp3) is 0.241. The Balaban J connectivity index is 0.00000181. The van der Waals surface area contributed by atoms with Gasteiger partial charge in [0.05, 0.1) is 0 Å². The second-order valence-corrected chi connectivity index (χ2v) is 10.1. The molecule has 0 aliphatic heterocycles. The summed E-state index contributed by atoms with van der Waals surface area (Å²) in [4.78, 5) is 0. The first-order chi connectivity index (χ1) is 14.3. The first-order valence-corrected chi connectivity index (χ1v) is 11.4. The zero-order valence-corrected chi connectivity index (χ0v) is 23.5. The number of benzene rings is 3. The Morgan fingerprint density at radius 1 is 0.606 bits per heavy atom. The van der Waals surface area contributed by atoms with Gasteiger partial charge in [-0.15, -0.1) is 0 Å². The summed E-state index contributed by atoms with van der Waals surface area (Å²) >= 11 is 2.42. The van der Waals surface area contributed by atoms with Crippen LogP contribution in [0, 0.1) is 20.8 Å². The van der Waals surface area contributed by atoms with Crippen molar-refractivity contribution in [3.63, 3.8) is 0 Å². The normalized spacial score (nSPS) is 17.2. The van der Waals surface area contributed by atoms with E-state index in [1.54, 1.807) is 0 Å². The first kappa shape index (κ1) is 29.8. The van der Waals surface area contributed by atoms with E-state index >= 15 is 0 Å². The standard InChI is InChI=1S/C29H29.3ClH.Ti/c1-20-9-6-12-25(16-20)29(26-13-7-10-21(2)17-26,27-14-8-11-22(3)18-27)28-19-23(4)15-24(28)5;;;;/h6-19H,1-5H3;3*1H;/q;;;;+3/p-3. The molecule has 1 unspecified atom stereocenters. The van der Waals surface area contributed by atoms with Crippen molar-refractivity contribution in [1.29, 1.82) is 0 Å². The van der Waals surface area contributed by atoms with Gasteiger partial charge in [-0.1, -0.05) is 0 Å². The summed E-state index contributed by atoms with van der Waals surface area (Å²) in [6, 6.07) is 27.3. The molecule has 0 saturated carbocycles. The van der Waals surface area contributed by atoms with E-state index in [1.807, 2.05) is 0 Å². The van der Waals surface area contributed by atoms with Crippen LogP contribution in [0.25, 0.3) is 0 Å². The zero-order chi connectivity index (χ0) is 21.5. The predicted molar refractivity (Wildman–Crippen MR) is 124 cm³/mol. The van der Waals surface area contributed by atoms with E-state index in [4.69, 9.17) is 0 Å². The molecule has 3 aromatic rings. The molecule has 0 amide bonds. The van der Waals surface area contributed by atoms with Crippen molar-refractivity contribution in [2.24, 2.45) is 0 Å². The van der Waals surface area contributed by atoms with Gasteiger partial charge in [-0.05, 0) is 0 Å². The smallest absolute Gasteiger partial charge is 1.00 e. The maximum atomic E-state index is 2.48. The van der Waals surface area contributed by atoms with Crippen LogP contribution in [0.3, 0.4) is 0 Å². The quantitative estimate of drug-likeness (QED) is 0.286. The Kier molecular flexibility index (Phi) is 10.3. The van der Waals surface area contributed by atoms with E-state index in [9.17, 15) is 0 Å². The molecule has 0 N–H and O–H groups in total. The Bertz CT molecular complexity index is 1070. The molecule has 4 heteroatoms. The van der Waals surface area contributed by atoms with E-state index in [-0.39, 0.29) is 46.4 Å². The molecule has 1 atom stereocenters. The number of aryl methyl sites for hydroxylation is 3. The van der Waals surface area contributed by atoms with Gasteiger partial charge in [-0.2, -0.15) is 0 Å². The van der Waals surface area contributed by atoms with E-state index < -0.39 is 0 Å². The van der Waals surface area contributed by atoms with Gasteiger partial charge >= 0.3 is 194 Å². The summed E-state index contributed by atoms with van der Waals surface area (Å²) in [5, 5.41) is 0. The van der Waals surface area contributed by atoms with E-state index in [0.29, 0.717) is 0 Å². The van der Waals surface area contributed by atoms with Crippen molar-refractivity contribution in [3.05, 3.63) is 129 Å². The zero-order valence-electron chi connectivity index (χ0n) is 19.7. The number of rotatable bonds is 4. The van der Waals surface area contributed by atoms with Crippen LogP contribution in [0.2, 0.25) is 3.72 Å². The van der Waals surface area contributed by atoms with Gasteiger partial charge in [-0.3, -0.25) is 0 Å². The van der Waals surface area contributed by atoms with Crippen LogP contribution in [0.5, 0.6) is 0 Å². The van der Waals surface area contributed by atoms with Crippen LogP contribution >= 0.6 is 0 Å². The number of allylic oxidation sites excluding steroid dienone is 4. The molecule has 0 saturated heterocycles. The molecule has 1 aliphatic carbocycles. The summed E-state index contributed by atoms with van der Waals surface area (Å²) in [6.45, 7) is 11.1. The molecule has 0 bridgehead atoms. The van der Waals surface area contributed by atoms with E-state index in [1.165, 1.54) is 44.5 Å². The number of halogens is 3. The van der Waals surface area contributed by atoms with Gasteiger partial charge in [0.2, 0.25) is 0 Å². The third-order valence-corrected chi connectivity index (χ3v) is 7.88. The predicted octanol–water partition coefficient (Wildman–Crippen LogP) is -1.43. The minimum Gasteiger partial charge on any atom is -1.00 e. The minimum atomic E-state index is -0.324. The fourth-order valence-corrected chi connectivity index (χ4v) is 6.32. The number of hydrogen-bond acceptors (Lipinski definition) is 0. The molecule has 1 aliphatic rings. The van der Waals surface area contributed by atoms with Crippen molar-refractivity contribution < 1.29 is 57.7 Å². The molecule has 0 radical (unpaired) electrons. The van der Waals surface area contributed by atoms with Crippen LogP contribution in [-0.2, 0) is 25.9 Å². The average molecular weight is 532 g/mol. The summed E-state index contributed by atoms with van der Waals surface area (Å²) in [5.41, 5.74) is 10.3. The molecular formula is C29H29Cl3Ti. The van der Waals surface area contributed by atoms with Crippen molar-refractivity contribution in [1.82, 2.24) is 0 Å². The van der Waals surface area contributed by atoms with Gasteiger partial charge in [0.1, 0.15) is 0 Å². The molecule has 0 fully saturated rings. The molecule has 0 heterocycles. The van der Waals surface area contributed by atoms with Crippen LogP contribution < -0.4 is 37.2 Å². The van der Waals surface area contributed by atoms with Crippen molar-refractivity contribution in [3.8, 4) is 0 Å². The van der Waals surface area contributed by atoms with E-state index in [0.717, 1.165) is 0 Å². The minimum absolute atomic E-state index is 0. The van der Waals surface area contributed by atoms with Crippen LogP contribution in [0.15, 0.2) is 96.1 Å². The Hall–Kier alpha value is -1.28. The SMILES string of the molecule is CC1=C[C]([Ti+3])(C(c2cccc(C)c2)(c2cccc(C)c2)c2cccc(C)c2)C(C)=C1.[Cl-].[Cl-].[Cl-]. The fourth-order valence-electron chi connectivity index (χ4n) is 5.17. The average Bonchev–Trinajstić information content (AvgIpc) is 2.95. The molecule has 4 rings (SSSR count). The van der Waals surface area contributed by atoms with Gasteiger partial charge < -0.3 is 37.2 Å².